The van der Waals surface area contributed by atoms with Gasteiger partial charge >= 0.3 is 5.76 Å². The molecule has 1 heterocycles. The van der Waals surface area contributed by atoms with Crippen molar-refractivity contribution in [2.24, 2.45) is 0 Å². The third-order valence-electron chi connectivity index (χ3n) is 3.96. The van der Waals surface area contributed by atoms with Crippen LogP contribution in [0.5, 0.6) is 0 Å². The Morgan fingerprint density at radius 1 is 1.21 bits per heavy atom. The van der Waals surface area contributed by atoms with E-state index in [-0.39, 0.29) is 22.7 Å². The first kappa shape index (κ1) is 18.8. The predicted octanol–water partition coefficient (Wildman–Crippen LogP) is 1.84. The summed E-state index contributed by atoms with van der Waals surface area (Å²) in [5, 5.41) is 13.5. The molecule has 0 spiro atoms. The predicted molar refractivity (Wildman–Crippen MR) is 100 cm³/mol. The molecule has 1 aromatic heterocycles. The van der Waals surface area contributed by atoms with Crippen molar-refractivity contribution >= 4 is 34.3 Å². The Kier molecular flexibility index (Phi) is 4.94. The second kappa shape index (κ2) is 7.35. The van der Waals surface area contributed by atoms with Gasteiger partial charge in [0.25, 0.3) is 11.6 Å². The molecule has 10 nitrogen and oxygen atoms in total. The minimum atomic E-state index is -0.804. The molecule has 0 fully saturated rings. The first-order chi connectivity index (χ1) is 13.3. The van der Waals surface area contributed by atoms with Gasteiger partial charge in [-0.2, -0.15) is 0 Å². The van der Waals surface area contributed by atoms with Crippen molar-refractivity contribution in [2.75, 3.05) is 19.4 Å². The molecular formula is C18H16N4O6. The van der Waals surface area contributed by atoms with E-state index in [0.29, 0.717) is 11.3 Å². The number of carbonyl (C=O) groups is 2. The van der Waals surface area contributed by atoms with Crippen LogP contribution in [0.4, 0.5) is 11.4 Å². The van der Waals surface area contributed by atoms with Gasteiger partial charge in [0.2, 0.25) is 5.91 Å². The maximum Gasteiger partial charge on any atom is 0.420 e. The number of aromatic nitrogens is 1. The van der Waals surface area contributed by atoms with Gasteiger partial charge in [-0.15, -0.1) is 0 Å². The number of carbonyl (C=O) groups excluding carboxylic acids is 2. The topological polar surface area (TPSA) is 128 Å². The highest BCUT2D eigenvalue weighted by molar-refractivity contribution is 5.97. The summed E-state index contributed by atoms with van der Waals surface area (Å²) in [6.45, 7) is -0.404. The van der Waals surface area contributed by atoms with Crippen LogP contribution in [-0.4, -0.2) is 40.3 Å². The van der Waals surface area contributed by atoms with Crippen LogP contribution in [0, 0.1) is 10.1 Å². The lowest BCUT2D eigenvalue weighted by atomic mass is 10.2. The van der Waals surface area contributed by atoms with Gasteiger partial charge in [-0.25, -0.2) is 4.79 Å². The van der Waals surface area contributed by atoms with E-state index < -0.39 is 23.1 Å². The molecule has 144 valence electrons. The van der Waals surface area contributed by atoms with E-state index in [0.717, 1.165) is 4.57 Å². The van der Waals surface area contributed by atoms with Crippen molar-refractivity contribution in [1.29, 1.82) is 0 Å². The monoisotopic (exact) mass is 384 g/mol. The minimum Gasteiger partial charge on any atom is -0.408 e. The molecule has 0 unspecified atom stereocenters. The Morgan fingerprint density at radius 3 is 2.64 bits per heavy atom. The maximum atomic E-state index is 12.4. The van der Waals surface area contributed by atoms with Gasteiger partial charge in [-0.05, 0) is 24.3 Å². The van der Waals surface area contributed by atoms with Gasteiger partial charge in [0.1, 0.15) is 6.54 Å². The Hall–Kier alpha value is -3.95. The highest BCUT2D eigenvalue weighted by atomic mass is 16.6. The highest BCUT2D eigenvalue weighted by Crippen LogP contribution is 2.20. The molecule has 0 aliphatic heterocycles. The number of nitrogens with one attached hydrogen (secondary N) is 1. The van der Waals surface area contributed by atoms with E-state index in [9.17, 15) is 24.5 Å². The number of hydrogen-bond donors (Lipinski definition) is 1. The van der Waals surface area contributed by atoms with Gasteiger partial charge in [0.15, 0.2) is 5.58 Å². The van der Waals surface area contributed by atoms with Crippen LogP contribution >= 0.6 is 0 Å². The number of anilines is 1. The molecule has 0 bridgehead atoms. The standard InChI is InChI=1S/C18H16N4O6/c1-20(2)17(24)11-4-3-5-12(8-11)19-16(23)10-21-14-9-13(22(26)27)6-7-15(14)28-18(21)25/h3-9H,10H2,1-2H3,(H,19,23). The molecule has 0 saturated heterocycles. The normalized spacial score (nSPS) is 10.6. The average Bonchev–Trinajstić information content (AvgIpc) is 2.95. The molecule has 0 aliphatic rings. The van der Waals surface area contributed by atoms with Crippen LogP contribution in [0.25, 0.3) is 11.1 Å². The summed E-state index contributed by atoms with van der Waals surface area (Å²) in [6.07, 6.45) is 0. The molecule has 0 saturated carbocycles. The number of nitro groups is 1. The Bertz CT molecular complexity index is 1140. The quantitative estimate of drug-likeness (QED) is 0.528. The highest BCUT2D eigenvalue weighted by Gasteiger charge is 2.17. The molecule has 0 atom stereocenters. The maximum absolute atomic E-state index is 12.4. The van der Waals surface area contributed by atoms with Crippen molar-refractivity contribution in [2.45, 2.75) is 6.54 Å². The lowest BCUT2D eigenvalue weighted by Crippen LogP contribution is -2.25. The average molecular weight is 384 g/mol. The van der Waals surface area contributed by atoms with Crippen LogP contribution in [-0.2, 0) is 11.3 Å². The number of non-ortho nitro benzene ring substituents is 1. The summed E-state index contributed by atoms with van der Waals surface area (Å²) in [7, 11) is 3.23. The van der Waals surface area contributed by atoms with Gasteiger partial charge < -0.3 is 14.6 Å². The van der Waals surface area contributed by atoms with Gasteiger partial charge in [-0.3, -0.25) is 24.3 Å². The second-order valence-electron chi connectivity index (χ2n) is 6.19. The third-order valence-corrected chi connectivity index (χ3v) is 3.96. The van der Waals surface area contributed by atoms with Crippen molar-refractivity contribution in [3.8, 4) is 0 Å². The molecule has 0 radical (unpaired) electrons. The summed E-state index contributed by atoms with van der Waals surface area (Å²) in [5.41, 5.74) is 0.833. The Labute approximate surface area is 158 Å². The first-order valence-corrected chi connectivity index (χ1v) is 8.15. The fourth-order valence-corrected chi connectivity index (χ4v) is 2.65. The van der Waals surface area contributed by atoms with Crippen LogP contribution in [0.15, 0.2) is 51.7 Å². The van der Waals surface area contributed by atoms with Crippen LogP contribution in [0.2, 0.25) is 0 Å². The van der Waals surface area contributed by atoms with Crippen LogP contribution < -0.4 is 11.1 Å². The van der Waals surface area contributed by atoms with E-state index >= 15 is 0 Å². The molecule has 3 aromatic rings. The summed E-state index contributed by atoms with van der Waals surface area (Å²) < 4.78 is 6.02. The third kappa shape index (κ3) is 3.75. The number of nitrogens with zero attached hydrogens (tertiary/aromatic N) is 3. The number of oxazole rings is 1. The fraction of sp³-hybridized carbons (Fsp3) is 0.167. The van der Waals surface area contributed by atoms with E-state index in [1.807, 2.05) is 0 Å². The Balaban J connectivity index is 1.84. The minimum absolute atomic E-state index is 0.141. The first-order valence-electron chi connectivity index (χ1n) is 8.15. The zero-order chi connectivity index (χ0) is 20.4. The molecule has 28 heavy (non-hydrogen) atoms. The van der Waals surface area contributed by atoms with Crippen molar-refractivity contribution < 1.29 is 18.9 Å². The van der Waals surface area contributed by atoms with E-state index in [2.05, 4.69) is 5.32 Å². The van der Waals surface area contributed by atoms with Crippen molar-refractivity contribution in [3.05, 3.63) is 68.7 Å². The molecule has 3 rings (SSSR count). The smallest absolute Gasteiger partial charge is 0.408 e. The largest absolute Gasteiger partial charge is 0.420 e. The van der Waals surface area contributed by atoms with Crippen LogP contribution in [0.3, 0.4) is 0 Å². The van der Waals surface area contributed by atoms with E-state index in [4.69, 9.17) is 4.42 Å². The summed E-state index contributed by atoms with van der Waals surface area (Å²) in [4.78, 5) is 48.2. The van der Waals surface area contributed by atoms with Crippen molar-refractivity contribution in [3.63, 3.8) is 0 Å². The van der Waals surface area contributed by atoms with Gasteiger partial charge in [-0.1, -0.05) is 6.07 Å². The molecule has 2 aromatic carbocycles. The molecule has 1 N–H and O–H groups in total. The fourth-order valence-electron chi connectivity index (χ4n) is 2.65. The number of fused-ring (bicyclic) bond motifs is 1. The number of rotatable bonds is 5. The van der Waals surface area contributed by atoms with E-state index in [1.54, 1.807) is 32.3 Å². The zero-order valence-electron chi connectivity index (χ0n) is 15.0. The number of amides is 2. The summed E-state index contributed by atoms with van der Waals surface area (Å²) in [5.74, 6) is -1.58. The lowest BCUT2D eigenvalue weighted by molar-refractivity contribution is -0.384. The summed E-state index contributed by atoms with van der Waals surface area (Å²) >= 11 is 0. The molecular weight excluding hydrogens is 368 g/mol. The zero-order valence-corrected chi connectivity index (χ0v) is 15.0. The number of benzene rings is 2. The SMILES string of the molecule is CN(C)C(=O)c1cccc(NC(=O)Cn2c(=O)oc3ccc([N+](=O)[O-])cc32)c1. The van der Waals surface area contributed by atoms with Gasteiger partial charge in [0.05, 0.1) is 10.4 Å². The van der Waals surface area contributed by atoms with Crippen LogP contribution in [0.1, 0.15) is 10.4 Å². The number of hydrogen-bond acceptors (Lipinski definition) is 6. The summed E-state index contributed by atoms with van der Waals surface area (Å²) in [6, 6.07) is 10.0. The van der Waals surface area contributed by atoms with E-state index in [1.165, 1.54) is 29.2 Å². The number of nitro benzene ring substituents is 1. The van der Waals surface area contributed by atoms with Crippen molar-refractivity contribution in [1.82, 2.24) is 9.47 Å². The molecule has 10 heteroatoms. The van der Waals surface area contributed by atoms with Gasteiger partial charge in [0, 0.05) is 37.5 Å². The molecule has 0 aliphatic carbocycles. The molecule has 2 amide bonds. The Morgan fingerprint density at radius 2 is 1.96 bits per heavy atom. The second-order valence-corrected chi connectivity index (χ2v) is 6.19. The lowest BCUT2D eigenvalue weighted by Gasteiger charge is -2.11.